The Morgan fingerprint density at radius 3 is 2.65 bits per heavy atom. The lowest BCUT2D eigenvalue weighted by Gasteiger charge is -2.16. The van der Waals surface area contributed by atoms with Crippen molar-refractivity contribution in [2.24, 2.45) is 0 Å². The molecule has 6 heteroatoms. The van der Waals surface area contributed by atoms with E-state index in [2.05, 4.69) is 64.6 Å². The first-order valence-electron chi connectivity index (χ1n) is 14.0. The molecular formula is C31H34N4O2. The molecule has 1 amide bonds. The topological polar surface area (TPSA) is 71.1 Å². The van der Waals surface area contributed by atoms with Gasteiger partial charge in [-0.1, -0.05) is 49.4 Å². The molecule has 0 bridgehead atoms. The number of rotatable bonds is 11. The van der Waals surface area contributed by atoms with E-state index in [1.807, 2.05) is 30.6 Å². The summed E-state index contributed by atoms with van der Waals surface area (Å²) in [5.74, 6) is 0.0216. The quantitative estimate of drug-likeness (QED) is 0.145. The van der Waals surface area contributed by atoms with Crippen molar-refractivity contribution in [3.8, 4) is 5.88 Å². The normalized spacial score (nSPS) is 13.6. The summed E-state index contributed by atoms with van der Waals surface area (Å²) < 4.78 is 27.7. The van der Waals surface area contributed by atoms with E-state index < -0.39 is 12.9 Å². The average Bonchev–Trinajstić information content (AvgIpc) is 3.43. The van der Waals surface area contributed by atoms with Crippen LogP contribution in [0.5, 0.6) is 5.88 Å². The number of allylic oxidation sites excluding steroid dienone is 2. The summed E-state index contributed by atoms with van der Waals surface area (Å²) in [6.45, 7) is 0.231. The molecule has 0 saturated carbocycles. The average molecular weight is 498 g/mol. The first-order valence-corrected chi connectivity index (χ1v) is 12.5. The summed E-state index contributed by atoms with van der Waals surface area (Å²) in [6.07, 6.45) is 9.80. The van der Waals surface area contributed by atoms with Crippen molar-refractivity contribution in [2.45, 2.75) is 32.6 Å². The molecule has 0 radical (unpaired) electrons. The highest BCUT2D eigenvalue weighted by molar-refractivity contribution is 6.00. The number of amides is 1. The van der Waals surface area contributed by atoms with Gasteiger partial charge in [0.2, 0.25) is 11.8 Å². The largest absolute Gasteiger partial charge is 0.478 e. The number of benzene rings is 2. The molecule has 0 aliphatic rings. The fourth-order valence-corrected chi connectivity index (χ4v) is 4.23. The second-order valence-electron chi connectivity index (χ2n) is 8.77. The molecule has 0 unspecified atom stereocenters. The minimum atomic E-state index is -2.43. The van der Waals surface area contributed by atoms with Crippen LogP contribution in [0.15, 0.2) is 85.2 Å². The molecule has 2 heterocycles. The number of hydrogen-bond acceptors (Lipinski definition) is 4. The van der Waals surface area contributed by atoms with Gasteiger partial charge < -0.3 is 9.64 Å². The summed E-state index contributed by atoms with van der Waals surface area (Å²) in [5, 5.41) is 8.25. The Bertz CT molecular complexity index is 1480. The van der Waals surface area contributed by atoms with Gasteiger partial charge in [-0.15, -0.1) is 0 Å². The number of unbranched alkanes of at least 4 members (excludes halogenated alkanes) is 2. The number of nitrogens with one attached hydrogen (secondary N) is 1. The van der Waals surface area contributed by atoms with Crippen LogP contribution >= 0.6 is 0 Å². The Morgan fingerprint density at radius 1 is 1.05 bits per heavy atom. The minimum absolute atomic E-state index is 0.493. The standard InChI is InChI=1S/C31H34N4O2/c1-4-27(23-12-8-7-9-13-23)31(24-15-17-28-26(20-24)22-33-34-28)25-16-18-29(32-21-25)37-19-11-6-5-10-14-30(36)35(2)3/h7-10,12-18,20-22H,4-6,11,19H2,1-3H3,(H,33,34)/b14-10+,31-27-/i2D3. The molecule has 4 aromatic rings. The van der Waals surface area contributed by atoms with Crippen LogP contribution in [0, 0.1) is 0 Å². The fraction of sp³-hybridized carbons (Fsp3) is 0.258. The van der Waals surface area contributed by atoms with Gasteiger partial charge in [0.05, 0.1) is 18.3 Å². The Balaban J connectivity index is 1.43. The van der Waals surface area contributed by atoms with Crippen molar-refractivity contribution in [1.82, 2.24) is 20.1 Å². The number of aromatic nitrogens is 3. The number of nitrogens with zero attached hydrogens (tertiary/aromatic N) is 3. The molecule has 1 N–H and O–H groups in total. The van der Waals surface area contributed by atoms with E-state index in [9.17, 15) is 4.79 Å². The lowest BCUT2D eigenvalue weighted by Crippen LogP contribution is -2.18. The van der Waals surface area contributed by atoms with Crippen LogP contribution in [-0.4, -0.2) is 46.6 Å². The highest BCUT2D eigenvalue weighted by Gasteiger charge is 2.14. The highest BCUT2D eigenvalue weighted by Crippen LogP contribution is 2.35. The molecule has 2 aromatic carbocycles. The van der Waals surface area contributed by atoms with Crippen molar-refractivity contribution < 1.29 is 13.6 Å². The number of pyridine rings is 1. The van der Waals surface area contributed by atoms with E-state index >= 15 is 0 Å². The molecule has 37 heavy (non-hydrogen) atoms. The fourth-order valence-electron chi connectivity index (χ4n) is 4.23. The molecule has 0 aliphatic heterocycles. The Hall–Kier alpha value is -4.19. The third kappa shape index (κ3) is 6.73. The Morgan fingerprint density at radius 2 is 1.89 bits per heavy atom. The van der Waals surface area contributed by atoms with E-state index in [1.165, 1.54) is 24.3 Å². The number of ether oxygens (including phenoxy) is 1. The van der Waals surface area contributed by atoms with E-state index in [0.717, 1.165) is 51.8 Å². The van der Waals surface area contributed by atoms with Crippen LogP contribution in [0.25, 0.3) is 22.0 Å². The molecule has 0 saturated heterocycles. The van der Waals surface area contributed by atoms with Crippen molar-refractivity contribution in [3.05, 3.63) is 102 Å². The molecule has 0 spiro atoms. The molecule has 6 nitrogen and oxygen atoms in total. The zero-order valence-corrected chi connectivity index (χ0v) is 21.3. The summed E-state index contributed by atoms with van der Waals surface area (Å²) >= 11 is 0. The van der Waals surface area contributed by atoms with E-state index in [4.69, 9.17) is 8.85 Å². The van der Waals surface area contributed by atoms with Gasteiger partial charge in [-0.25, -0.2) is 4.98 Å². The van der Waals surface area contributed by atoms with Crippen molar-refractivity contribution in [2.75, 3.05) is 20.6 Å². The maximum absolute atomic E-state index is 11.9. The summed E-state index contributed by atoms with van der Waals surface area (Å²) in [5.41, 5.74) is 6.63. The molecule has 4 rings (SSSR count). The van der Waals surface area contributed by atoms with E-state index in [0.29, 0.717) is 18.9 Å². The number of likely N-dealkylation sites (N-methyl/N-ethyl adjacent to an activating group) is 1. The van der Waals surface area contributed by atoms with Gasteiger partial charge in [0.25, 0.3) is 0 Å². The van der Waals surface area contributed by atoms with Crippen molar-refractivity contribution >= 4 is 28.0 Å². The number of carbonyl (C=O) groups excluding carboxylic acids is 1. The lowest BCUT2D eigenvalue weighted by atomic mass is 9.88. The third-order valence-corrected chi connectivity index (χ3v) is 6.14. The van der Waals surface area contributed by atoms with Crippen molar-refractivity contribution in [1.29, 1.82) is 0 Å². The zero-order chi connectivity index (χ0) is 28.5. The van der Waals surface area contributed by atoms with Crippen LogP contribution in [0.3, 0.4) is 0 Å². The van der Waals surface area contributed by atoms with Crippen molar-refractivity contribution in [3.63, 3.8) is 0 Å². The van der Waals surface area contributed by atoms with E-state index in [-0.39, 0.29) is 0 Å². The zero-order valence-electron chi connectivity index (χ0n) is 24.3. The van der Waals surface area contributed by atoms with Crippen LogP contribution in [-0.2, 0) is 4.79 Å². The van der Waals surface area contributed by atoms with Crippen LogP contribution in [0.4, 0.5) is 0 Å². The van der Waals surface area contributed by atoms with Gasteiger partial charge in [0, 0.05) is 41.3 Å². The summed E-state index contributed by atoms with van der Waals surface area (Å²) in [6, 6.07) is 20.7. The maximum Gasteiger partial charge on any atom is 0.245 e. The number of carbonyl (C=O) groups is 1. The van der Waals surface area contributed by atoms with Gasteiger partial charge in [-0.2, -0.15) is 5.10 Å². The number of hydrogen-bond donors (Lipinski definition) is 1. The van der Waals surface area contributed by atoms with Crippen LogP contribution < -0.4 is 4.74 Å². The summed E-state index contributed by atoms with van der Waals surface area (Å²) in [4.78, 5) is 17.2. The van der Waals surface area contributed by atoms with Gasteiger partial charge in [0.15, 0.2) is 0 Å². The first kappa shape index (κ1) is 22.0. The van der Waals surface area contributed by atoms with Gasteiger partial charge in [0.1, 0.15) is 0 Å². The van der Waals surface area contributed by atoms with Gasteiger partial charge in [-0.05, 0) is 72.2 Å². The monoisotopic (exact) mass is 497 g/mol. The van der Waals surface area contributed by atoms with Crippen LogP contribution in [0.2, 0.25) is 0 Å². The molecule has 2 aromatic heterocycles. The number of aromatic amines is 1. The molecule has 0 atom stereocenters. The predicted molar refractivity (Wildman–Crippen MR) is 150 cm³/mol. The second-order valence-corrected chi connectivity index (χ2v) is 8.77. The molecule has 190 valence electrons. The minimum Gasteiger partial charge on any atom is -0.478 e. The lowest BCUT2D eigenvalue weighted by molar-refractivity contribution is -0.123. The highest BCUT2D eigenvalue weighted by atomic mass is 16.5. The van der Waals surface area contributed by atoms with E-state index in [1.54, 1.807) is 6.08 Å². The predicted octanol–water partition coefficient (Wildman–Crippen LogP) is 6.52. The third-order valence-electron chi connectivity index (χ3n) is 6.14. The second kappa shape index (κ2) is 12.7. The smallest absolute Gasteiger partial charge is 0.245 e. The Labute approximate surface area is 222 Å². The molecule has 0 fully saturated rings. The first-order chi connectivity index (χ1) is 19.3. The van der Waals surface area contributed by atoms with Crippen LogP contribution in [0.1, 0.15) is 53.4 Å². The number of fused-ring (bicyclic) bond motifs is 1. The SMILES string of the molecule is [2H]C([2H])([2H])N(C)C(=O)/C=C/CCCCOc1ccc(/C(=C(/CC)c2ccccc2)c2ccc3[nH]ncc3c2)cn1. The van der Waals surface area contributed by atoms with Gasteiger partial charge in [-0.3, -0.25) is 9.89 Å². The Kier molecular flexibility index (Phi) is 7.55. The maximum atomic E-state index is 11.9. The molecule has 0 aliphatic carbocycles. The summed E-state index contributed by atoms with van der Waals surface area (Å²) in [7, 11) is 1.27. The molecular weight excluding hydrogens is 460 g/mol. The number of H-pyrrole nitrogens is 1. The van der Waals surface area contributed by atoms with Gasteiger partial charge >= 0.3 is 0 Å².